The fraction of sp³-hybridized carbons (Fsp3) is 0.267. The van der Waals surface area contributed by atoms with E-state index < -0.39 is 5.97 Å². The van der Waals surface area contributed by atoms with Gasteiger partial charge >= 0.3 is 5.97 Å². The highest BCUT2D eigenvalue weighted by atomic mass is 32.1. The highest BCUT2D eigenvalue weighted by Crippen LogP contribution is 2.16. The Hall–Kier alpha value is -1.85. The van der Waals surface area contributed by atoms with Crippen molar-refractivity contribution in [2.45, 2.75) is 13.1 Å². The predicted octanol–water partition coefficient (Wildman–Crippen LogP) is 3.32. The number of rotatable bonds is 7. The Morgan fingerprint density at radius 2 is 2.30 bits per heavy atom. The van der Waals surface area contributed by atoms with Gasteiger partial charge in [-0.15, -0.1) is 17.9 Å². The number of furan rings is 1. The molecule has 2 aromatic rings. The Balaban J connectivity index is 2.02. The number of hydrogen-bond donors (Lipinski definition) is 0. The van der Waals surface area contributed by atoms with Crippen LogP contribution in [-0.2, 0) is 17.8 Å². The van der Waals surface area contributed by atoms with Gasteiger partial charge in [-0.3, -0.25) is 4.90 Å². The van der Waals surface area contributed by atoms with Crippen LogP contribution in [0.5, 0.6) is 0 Å². The van der Waals surface area contributed by atoms with E-state index in [0.717, 1.165) is 18.8 Å². The minimum Gasteiger partial charge on any atom is -0.463 e. The van der Waals surface area contributed by atoms with Crippen LogP contribution in [0.4, 0.5) is 0 Å². The number of ether oxygens (including phenoxy) is 1. The number of nitrogens with zero attached hydrogens (tertiary/aromatic N) is 1. The monoisotopic (exact) mass is 291 g/mol. The molecule has 0 fully saturated rings. The molecule has 0 radical (unpaired) electrons. The predicted molar refractivity (Wildman–Crippen MR) is 78.7 cm³/mol. The van der Waals surface area contributed by atoms with E-state index >= 15 is 0 Å². The molecular formula is C15H17NO3S. The summed E-state index contributed by atoms with van der Waals surface area (Å²) in [6, 6.07) is 7.58. The zero-order valence-electron chi connectivity index (χ0n) is 11.4. The molecule has 0 unspecified atom stereocenters. The van der Waals surface area contributed by atoms with E-state index in [-0.39, 0.29) is 5.76 Å². The minimum absolute atomic E-state index is 0.233. The number of esters is 1. The van der Waals surface area contributed by atoms with Gasteiger partial charge in [0.15, 0.2) is 0 Å². The molecule has 0 spiro atoms. The number of carbonyl (C=O) groups excluding carboxylic acids is 1. The maximum absolute atomic E-state index is 11.4. The average Bonchev–Trinajstić information content (AvgIpc) is 3.10. The van der Waals surface area contributed by atoms with Gasteiger partial charge in [0.1, 0.15) is 5.76 Å². The molecule has 2 rings (SSSR count). The van der Waals surface area contributed by atoms with Crippen LogP contribution < -0.4 is 0 Å². The lowest BCUT2D eigenvalue weighted by atomic mass is 10.3. The molecule has 0 aliphatic heterocycles. The van der Waals surface area contributed by atoms with E-state index in [4.69, 9.17) is 4.42 Å². The van der Waals surface area contributed by atoms with Crippen LogP contribution in [0.3, 0.4) is 0 Å². The molecule has 2 aromatic heterocycles. The zero-order chi connectivity index (χ0) is 14.4. The molecule has 4 nitrogen and oxygen atoms in total. The number of thiophene rings is 1. The molecule has 5 heteroatoms. The van der Waals surface area contributed by atoms with Gasteiger partial charge in [0.2, 0.25) is 5.76 Å². The lowest BCUT2D eigenvalue weighted by molar-refractivity contribution is 0.0561. The van der Waals surface area contributed by atoms with Crippen molar-refractivity contribution in [3.63, 3.8) is 0 Å². The van der Waals surface area contributed by atoms with E-state index in [1.54, 1.807) is 23.5 Å². The molecule has 0 aromatic carbocycles. The van der Waals surface area contributed by atoms with Crippen molar-refractivity contribution in [2.75, 3.05) is 13.7 Å². The first-order valence-corrected chi connectivity index (χ1v) is 7.13. The lowest BCUT2D eigenvalue weighted by Gasteiger charge is -2.18. The Morgan fingerprint density at radius 3 is 2.95 bits per heavy atom. The molecule has 0 bridgehead atoms. The smallest absolute Gasteiger partial charge is 0.373 e. The molecular weight excluding hydrogens is 274 g/mol. The summed E-state index contributed by atoms with van der Waals surface area (Å²) in [5.41, 5.74) is 0. The Bertz CT molecular complexity index is 559. The Morgan fingerprint density at radius 1 is 1.45 bits per heavy atom. The summed E-state index contributed by atoms with van der Waals surface area (Å²) >= 11 is 1.72. The van der Waals surface area contributed by atoms with E-state index in [1.165, 1.54) is 12.0 Å². The molecule has 0 saturated carbocycles. The third-order valence-electron chi connectivity index (χ3n) is 2.77. The van der Waals surface area contributed by atoms with Crippen molar-refractivity contribution in [3.8, 4) is 0 Å². The third kappa shape index (κ3) is 3.82. The normalized spacial score (nSPS) is 10.7. The van der Waals surface area contributed by atoms with Crippen molar-refractivity contribution in [1.29, 1.82) is 0 Å². The highest BCUT2D eigenvalue weighted by Gasteiger charge is 2.13. The second kappa shape index (κ2) is 7.07. The van der Waals surface area contributed by atoms with Gasteiger partial charge < -0.3 is 9.15 Å². The average molecular weight is 291 g/mol. The van der Waals surface area contributed by atoms with Gasteiger partial charge in [-0.25, -0.2) is 4.79 Å². The molecule has 0 N–H and O–H groups in total. The largest absolute Gasteiger partial charge is 0.463 e. The topological polar surface area (TPSA) is 42.7 Å². The van der Waals surface area contributed by atoms with Crippen molar-refractivity contribution in [3.05, 3.63) is 58.7 Å². The fourth-order valence-corrected chi connectivity index (χ4v) is 2.63. The van der Waals surface area contributed by atoms with Crippen LogP contribution >= 0.6 is 11.3 Å². The number of hydrogen-bond acceptors (Lipinski definition) is 5. The number of methoxy groups -OCH3 is 1. The SMILES string of the molecule is C=CCN(Cc1ccc(C(=O)OC)o1)Cc1cccs1. The van der Waals surface area contributed by atoms with Crippen LogP contribution in [0.2, 0.25) is 0 Å². The summed E-state index contributed by atoms with van der Waals surface area (Å²) in [4.78, 5) is 14.8. The second-order valence-electron chi connectivity index (χ2n) is 4.30. The van der Waals surface area contributed by atoms with Crippen LogP contribution in [0.25, 0.3) is 0 Å². The highest BCUT2D eigenvalue weighted by molar-refractivity contribution is 7.09. The summed E-state index contributed by atoms with van der Waals surface area (Å²) in [5.74, 6) is 0.519. The van der Waals surface area contributed by atoms with Gasteiger partial charge in [0.05, 0.1) is 13.7 Å². The zero-order valence-corrected chi connectivity index (χ0v) is 12.2. The van der Waals surface area contributed by atoms with Crippen molar-refractivity contribution >= 4 is 17.3 Å². The van der Waals surface area contributed by atoms with Gasteiger partial charge in [0, 0.05) is 18.0 Å². The van der Waals surface area contributed by atoms with Crippen molar-refractivity contribution < 1.29 is 13.9 Å². The minimum atomic E-state index is -0.454. The van der Waals surface area contributed by atoms with Gasteiger partial charge in [-0.2, -0.15) is 0 Å². The first kappa shape index (κ1) is 14.6. The molecule has 0 aliphatic carbocycles. The van der Waals surface area contributed by atoms with E-state index in [2.05, 4.69) is 27.7 Å². The Labute approximate surface area is 122 Å². The molecule has 2 heterocycles. The maximum atomic E-state index is 11.4. The maximum Gasteiger partial charge on any atom is 0.373 e. The van der Waals surface area contributed by atoms with Crippen LogP contribution in [0.1, 0.15) is 21.2 Å². The summed E-state index contributed by atoms with van der Waals surface area (Å²) in [6.07, 6.45) is 1.86. The molecule has 0 amide bonds. The first-order chi connectivity index (χ1) is 9.72. The first-order valence-electron chi connectivity index (χ1n) is 6.25. The summed E-state index contributed by atoms with van der Waals surface area (Å²) in [5, 5.41) is 2.06. The molecule has 106 valence electrons. The second-order valence-corrected chi connectivity index (χ2v) is 5.33. The van der Waals surface area contributed by atoms with Crippen molar-refractivity contribution in [1.82, 2.24) is 4.90 Å². The van der Waals surface area contributed by atoms with Gasteiger partial charge in [-0.1, -0.05) is 12.1 Å². The quantitative estimate of drug-likeness (QED) is 0.580. The standard InChI is InChI=1S/C15H17NO3S/c1-3-8-16(11-13-5-4-9-20-13)10-12-6-7-14(19-12)15(17)18-2/h3-7,9H,1,8,10-11H2,2H3. The summed E-state index contributed by atoms with van der Waals surface area (Å²) in [6.45, 7) is 5.99. The van der Waals surface area contributed by atoms with Crippen LogP contribution in [0, 0.1) is 0 Å². The van der Waals surface area contributed by atoms with E-state index in [9.17, 15) is 4.79 Å². The summed E-state index contributed by atoms with van der Waals surface area (Å²) < 4.78 is 10.1. The van der Waals surface area contributed by atoms with Gasteiger partial charge in [-0.05, 0) is 23.6 Å². The lowest BCUT2D eigenvalue weighted by Crippen LogP contribution is -2.22. The summed E-state index contributed by atoms with van der Waals surface area (Å²) in [7, 11) is 1.34. The third-order valence-corrected chi connectivity index (χ3v) is 3.64. The van der Waals surface area contributed by atoms with E-state index in [1.807, 2.05) is 12.1 Å². The van der Waals surface area contributed by atoms with Gasteiger partial charge in [0.25, 0.3) is 0 Å². The molecule has 0 aliphatic rings. The molecule has 0 saturated heterocycles. The van der Waals surface area contributed by atoms with Crippen molar-refractivity contribution in [2.24, 2.45) is 0 Å². The van der Waals surface area contributed by atoms with E-state index in [0.29, 0.717) is 6.54 Å². The Kier molecular flexibility index (Phi) is 5.15. The van der Waals surface area contributed by atoms with Crippen LogP contribution in [0.15, 0.2) is 46.7 Å². The number of carbonyl (C=O) groups is 1. The fourth-order valence-electron chi connectivity index (χ4n) is 1.88. The molecule has 0 atom stereocenters. The molecule has 20 heavy (non-hydrogen) atoms. The van der Waals surface area contributed by atoms with Crippen LogP contribution in [-0.4, -0.2) is 24.5 Å².